The molecule has 36 heavy (non-hydrogen) atoms. The van der Waals surface area contributed by atoms with Gasteiger partial charge in [-0.2, -0.15) is 0 Å². The van der Waals surface area contributed by atoms with Gasteiger partial charge in [0.1, 0.15) is 0 Å². The van der Waals surface area contributed by atoms with Crippen molar-refractivity contribution >= 4 is 33.2 Å². The molecule has 4 aromatic carbocycles. The van der Waals surface area contributed by atoms with Crippen molar-refractivity contribution in [2.45, 2.75) is 31.3 Å². The number of nitrogens with zero attached hydrogens (tertiary/aromatic N) is 1. The van der Waals surface area contributed by atoms with Crippen molar-refractivity contribution in [1.82, 2.24) is 5.32 Å². The van der Waals surface area contributed by atoms with Crippen LogP contribution in [0, 0.1) is 6.92 Å². The monoisotopic (exact) mass is 518 g/mol. The Labute approximate surface area is 217 Å². The SMILES string of the molecule is Cc1ccc(Cl)cc1N(Cc1ccc(C(=O)N[C@@H](C)c2ccccc2)cc1)S(=O)(=O)c1ccccc1. The highest BCUT2D eigenvalue weighted by Gasteiger charge is 2.26. The van der Waals surface area contributed by atoms with Crippen LogP contribution in [-0.2, 0) is 16.6 Å². The maximum atomic E-state index is 13.7. The largest absolute Gasteiger partial charge is 0.346 e. The van der Waals surface area contributed by atoms with E-state index in [4.69, 9.17) is 11.6 Å². The predicted molar refractivity (Wildman–Crippen MR) is 145 cm³/mol. The number of sulfonamides is 1. The number of hydrogen-bond donors (Lipinski definition) is 1. The van der Waals surface area contributed by atoms with Crippen LogP contribution in [0.2, 0.25) is 5.02 Å². The van der Waals surface area contributed by atoms with Crippen molar-refractivity contribution in [2.24, 2.45) is 0 Å². The van der Waals surface area contributed by atoms with Crippen LogP contribution in [0.1, 0.15) is 40.0 Å². The molecule has 0 saturated carbocycles. The second-order valence-corrected chi connectivity index (χ2v) is 10.9. The lowest BCUT2D eigenvalue weighted by molar-refractivity contribution is 0.0940. The van der Waals surface area contributed by atoms with Gasteiger partial charge in [-0.1, -0.05) is 78.3 Å². The minimum Gasteiger partial charge on any atom is -0.346 e. The van der Waals surface area contributed by atoms with E-state index in [0.717, 1.165) is 16.7 Å². The Kier molecular flexibility index (Phi) is 7.77. The number of nitrogens with one attached hydrogen (secondary N) is 1. The van der Waals surface area contributed by atoms with Crippen LogP contribution < -0.4 is 9.62 Å². The van der Waals surface area contributed by atoms with Gasteiger partial charge in [0.25, 0.3) is 15.9 Å². The van der Waals surface area contributed by atoms with Crippen molar-refractivity contribution in [3.8, 4) is 0 Å². The molecule has 0 spiro atoms. The summed E-state index contributed by atoms with van der Waals surface area (Å²) >= 11 is 6.24. The van der Waals surface area contributed by atoms with E-state index < -0.39 is 10.0 Å². The first-order valence-electron chi connectivity index (χ1n) is 11.5. The minimum atomic E-state index is -3.87. The molecular weight excluding hydrogens is 492 g/mol. The molecule has 0 radical (unpaired) electrons. The summed E-state index contributed by atoms with van der Waals surface area (Å²) in [6.07, 6.45) is 0. The zero-order chi connectivity index (χ0) is 25.7. The molecule has 0 aliphatic heterocycles. The molecule has 4 rings (SSSR count). The molecule has 0 heterocycles. The summed E-state index contributed by atoms with van der Waals surface area (Å²) in [6, 6.07) is 30.1. The van der Waals surface area contributed by atoms with Crippen LogP contribution in [0.15, 0.2) is 108 Å². The molecule has 7 heteroatoms. The van der Waals surface area contributed by atoms with E-state index in [0.29, 0.717) is 16.3 Å². The lowest BCUT2D eigenvalue weighted by atomic mass is 10.1. The topological polar surface area (TPSA) is 66.5 Å². The molecule has 0 saturated heterocycles. The second-order valence-electron chi connectivity index (χ2n) is 8.56. The van der Waals surface area contributed by atoms with Crippen LogP contribution in [0.5, 0.6) is 0 Å². The smallest absolute Gasteiger partial charge is 0.264 e. The number of benzene rings is 4. The summed E-state index contributed by atoms with van der Waals surface area (Å²) in [6.45, 7) is 3.86. The lowest BCUT2D eigenvalue weighted by Gasteiger charge is -2.26. The molecule has 0 unspecified atom stereocenters. The number of halogens is 1. The van der Waals surface area contributed by atoms with Gasteiger partial charge in [-0.05, 0) is 66.9 Å². The Balaban J connectivity index is 1.60. The van der Waals surface area contributed by atoms with E-state index in [1.54, 1.807) is 72.8 Å². The molecule has 1 amide bonds. The fraction of sp³-hybridized carbons (Fsp3) is 0.138. The van der Waals surface area contributed by atoms with Crippen molar-refractivity contribution in [1.29, 1.82) is 0 Å². The summed E-state index contributed by atoms with van der Waals surface area (Å²) < 4.78 is 28.7. The van der Waals surface area contributed by atoms with Gasteiger partial charge >= 0.3 is 0 Å². The molecule has 4 aromatic rings. The third-order valence-corrected chi connectivity index (χ3v) is 7.97. The highest BCUT2D eigenvalue weighted by molar-refractivity contribution is 7.92. The number of aryl methyl sites for hydroxylation is 1. The van der Waals surface area contributed by atoms with E-state index in [1.165, 1.54) is 4.31 Å². The van der Waals surface area contributed by atoms with Crippen LogP contribution in [0.4, 0.5) is 5.69 Å². The fourth-order valence-corrected chi connectivity index (χ4v) is 5.60. The summed E-state index contributed by atoms with van der Waals surface area (Å²) in [5.41, 5.74) is 3.54. The summed E-state index contributed by atoms with van der Waals surface area (Å²) in [7, 11) is -3.87. The van der Waals surface area contributed by atoms with Gasteiger partial charge in [0.15, 0.2) is 0 Å². The standard InChI is InChI=1S/C29H27ClN2O3S/c1-21-13-18-26(30)19-28(21)32(36(34,35)27-11-7-4-8-12-27)20-23-14-16-25(17-15-23)29(33)31-22(2)24-9-5-3-6-10-24/h3-19,22H,20H2,1-2H3,(H,31,33)/t22-/m0/s1. The van der Waals surface area contributed by atoms with Crippen molar-refractivity contribution < 1.29 is 13.2 Å². The molecule has 0 aromatic heterocycles. The number of hydrogen-bond acceptors (Lipinski definition) is 3. The van der Waals surface area contributed by atoms with Crippen molar-refractivity contribution in [3.63, 3.8) is 0 Å². The van der Waals surface area contributed by atoms with E-state index in [1.807, 2.05) is 44.2 Å². The van der Waals surface area contributed by atoms with Gasteiger partial charge in [-0.15, -0.1) is 0 Å². The molecule has 1 N–H and O–H groups in total. The number of anilines is 1. The van der Waals surface area contributed by atoms with Gasteiger partial charge in [-0.25, -0.2) is 8.42 Å². The average Bonchev–Trinajstić information content (AvgIpc) is 2.90. The predicted octanol–water partition coefficient (Wildman–Crippen LogP) is 6.53. The zero-order valence-electron chi connectivity index (χ0n) is 20.1. The number of amides is 1. The first kappa shape index (κ1) is 25.5. The van der Waals surface area contributed by atoms with E-state index in [9.17, 15) is 13.2 Å². The summed E-state index contributed by atoms with van der Waals surface area (Å²) in [4.78, 5) is 13.0. The molecule has 0 aliphatic carbocycles. The molecule has 184 valence electrons. The molecule has 0 fully saturated rings. The van der Waals surface area contributed by atoms with Crippen molar-refractivity contribution in [2.75, 3.05) is 4.31 Å². The van der Waals surface area contributed by atoms with Crippen molar-refractivity contribution in [3.05, 3.63) is 130 Å². The Bertz CT molecular complexity index is 1440. The number of carbonyl (C=O) groups is 1. The van der Waals surface area contributed by atoms with Gasteiger partial charge < -0.3 is 5.32 Å². The summed E-state index contributed by atoms with van der Waals surface area (Å²) in [5, 5.41) is 3.45. The first-order chi connectivity index (χ1) is 17.3. The Morgan fingerprint density at radius 1 is 0.889 bits per heavy atom. The van der Waals surface area contributed by atoms with Crippen LogP contribution in [0.25, 0.3) is 0 Å². The van der Waals surface area contributed by atoms with E-state index in [-0.39, 0.29) is 23.4 Å². The Hall–Kier alpha value is -3.61. The molecule has 0 aliphatic rings. The Morgan fingerprint density at radius 2 is 1.50 bits per heavy atom. The maximum Gasteiger partial charge on any atom is 0.264 e. The second kappa shape index (κ2) is 11.0. The third kappa shape index (κ3) is 5.78. The van der Waals surface area contributed by atoms with Gasteiger partial charge in [0.2, 0.25) is 0 Å². The molecular formula is C29H27ClN2O3S. The van der Waals surface area contributed by atoms with E-state index in [2.05, 4.69) is 5.32 Å². The van der Waals surface area contributed by atoms with Crippen LogP contribution in [-0.4, -0.2) is 14.3 Å². The minimum absolute atomic E-state index is 0.0841. The highest BCUT2D eigenvalue weighted by Crippen LogP contribution is 2.31. The number of rotatable bonds is 8. The lowest BCUT2D eigenvalue weighted by Crippen LogP contribution is -2.31. The molecule has 1 atom stereocenters. The molecule has 0 bridgehead atoms. The molecule has 5 nitrogen and oxygen atoms in total. The normalized spacial score (nSPS) is 12.1. The summed E-state index contributed by atoms with van der Waals surface area (Å²) in [5.74, 6) is -0.197. The maximum absolute atomic E-state index is 13.7. The Morgan fingerprint density at radius 3 is 2.14 bits per heavy atom. The van der Waals surface area contributed by atoms with Gasteiger partial charge in [0, 0.05) is 10.6 Å². The zero-order valence-corrected chi connectivity index (χ0v) is 21.6. The van der Waals surface area contributed by atoms with Gasteiger partial charge in [0.05, 0.1) is 23.2 Å². The van der Waals surface area contributed by atoms with Crippen LogP contribution >= 0.6 is 11.6 Å². The van der Waals surface area contributed by atoms with E-state index >= 15 is 0 Å². The first-order valence-corrected chi connectivity index (χ1v) is 13.4. The quantitative estimate of drug-likeness (QED) is 0.288. The highest BCUT2D eigenvalue weighted by atomic mass is 35.5. The average molecular weight is 519 g/mol. The third-order valence-electron chi connectivity index (χ3n) is 5.96. The number of carbonyl (C=O) groups excluding carboxylic acids is 1. The van der Waals surface area contributed by atoms with Crippen LogP contribution in [0.3, 0.4) is 0 Å². The van der Waals surface area contributed by atoms with Gasteiger partial charge in [-0.3, -0.25) is 9.10 Å². The fourth-order valence-electron chi connectivity index (χ4n) is 3.90.